The van der Waals surface area contributed by atoms with Gasteiger partial charge in [-0.15, -0.1) is 11.3 Å². The van der Waals surface area contributed by atoms with Crippen LogP contribution < -0.4 is 5.32 Å². The minimum absolute atomic E-state index is 0.189. The highest BCUT2D eigenvalue weighted by Crippen LogP contribution is 2.23. The van der Waals surface area contributed by atoms with Crippen LogP contribution in [-0.4, -0.2) is 18.9 Å². The molecule has 0 radical (unpaired) electrons. The highest BCUT2D eigenvalue weighted by atomic mass is 79.9. The van der Waals surface area contributed by atoms with Gasteiger partial charge in [0.2, 0.25) is 0 Å². The first-order valence-corrected chi connectivity index (χ1v) is 6.39. The Bertz CT molecular complexity index is 337. The molecular formula is C10H12BrNOS. The van der Waals surface area contributed by atoms with Crippen molar-refractivity contribution in [1.29, 1.82) is 0 Å². The van der Waals surface area contributed by atoms with Crippen molar-refractivity contribution in [2.45, 2.75) is 12.8 Å². The number of halogens is 1. The second kappa shape index (κ2) is 4.55. The first kappa shape index (κ1) is 10.3. The highest BCUT2D eigenvalue weighted by Gasteiger charge is 2.22. The Morgan fingerprint density at radius 1 is 1.64 bits per heavy atom. The average Bonchev–Trinajstić information content (AvgIpc) is 2.56. The Morgan fingerprint density at radius 2 is 2.50 bits per heavy atom. The molecule has 1 N–H and O–H groups in total. The van der Waals surface area contributed by atoms with Gasteiger partial charge in [0.05, 0.1) is 0 Å². The third-order valence-corrected chi connectivity index (χ3v) is 4.18. The zero-order valence-corrected chi connectivity index (χ0v) is 10.2. The number of nitrogens with one attached hydrogen (secondary N) is 1. The Kier molecular flexibility index (Phi) is 3.36. The van der Waals surface area contributed by atoms with Gasteiger partial charge in [-0.3, -0.25) is 4.79 Å². The van der Waals surface area contributed by atoms with Crippen molar-refractivity contribution in [3.63, 3.8) is 0 Å². The zero-order valence-electron chi connectivity index (χ0n) is 7.75. The molecule has 1 aliphatic rings. The lowest BCUT2D eigenvalue weighted by atomic mass is 9.94. The molecule has 1 fully saturated rings. The summed E-state index contributed by atoms with van der Waals surface area (Å²) in [6, 6.07) is 2.10. The van der Waals surface area contributed by atoms with Gasteiger partial charge in [0, 0.05) is 40.2 Å². The van der Waals surface area contributed by atoms with E-state index in [1.165, 1.54) is 4.88 Å². The first-order valence-electron chi connectivity index (χ1n) is 4.72. The van der Waals surface area contributed by atoms with E-state index in [4.69, 9.17) is 0 Å². The summed E-state index contributed by atoms with van der Waals surface area (Å²) in [6.07, 6.45) is 1.58. The first-order chi connectivity index (χ1) is 6.75. The Morgan fingerprint density at radius 3 is 3.14 bits per heavy atom. The molecule has 0 saturated carbocycles. The maximum Gasteiger partial charge on any atom is 0.138 e. The number of thiophene rings is 1. The Hall–Kier alpha value is -0.190. The molecule has 1 aliphatic heterocycles. The van der Waals surface area contributed by atoms with Crippen molar-refractivity contribution in [3.8, 4) is 0 Å². The van der Waals surface area contributed by atoms with Crippen molar-refractivity contribution in [2.75, 3.05) is 13.1 Å². The molecule has 1 aromatic heterocycles. The van der Waals surface area contributed by atoms with Crippen LogP contribution in [-0.2, 0) is 11.2 Å². The molecule has 0 aromatic carbocycles. The molecule has 0 amide bonds. The summed E-state index contributed by atoms with van der Waals surface area (Å²) < 4.78 is 1.12. The van der Waals surface area contributed by atoms with E-state index in [1.807, 2.05) is 0 Å². The second-order valence-corrected chi connectivity index (χ2v) is 5.46. The van der Waals surface area contributed by atoms with Gasteiger partial charge in [0.25, 0.3) is 0 Å². The van der Waals surface area contributed by atoms with Crippen LogP contribution in [0, 0.1) is 5.92 Å². The lowest BCUT2D eigenvalue weighted by Crippen LogP contribution is -2.37. The number of hydrogen-bond acceptors (Lipinski definition) is 3. The fourth-order valence-corrected chi connectivity index (χ4v) is 3.23. The number of carbonyl (C=O) groups is 1. The van der Waals surface area contributed by atoms with Crippen LogP contribution >= 0.6 is 27.3 Å². The van der Waals surface area contributed by atoms with Crippen LogP contribution in [0.4, 0.5) is 0 Å². The molecule has 76 valence electrons. The third kappa shape index (κ3) is 2.43. The molecule has 0 bridgehead atoms. The van der Waals surface area contributed by atoms with Gasteiger partial charge in [-0.05, 0) is 28.4 Å². The van der Waals surface area contributed by atoms with E-state index in [9.17, 15) is 4.79 Å². The number of carbonyl (C=O) groups excluding carboxylic acids is 1. The monoisotopic (exact) mass is 273 g/mol. The van der Waals surface area contributed by atoms with Crippen molar-refractivity contribution in [3.05, 3.63) is 20.8 Å². The summed E-state index contributed by atoms with van der Waals surface area (Å²) in [5.74, 6) is 0.600. The molecule has 14 heavy (non-hydrogen) atoms. The van der Waals surface area contributed by atoms with E-state index in [0.717, 1.165) is 24.0 Å². The quantitative estimate of drug-likeness (QED) is 0.896. The number of hydrogen-bond donors (Lipinski definition) is 1. The molecule has 4 heteroatoms. The fourth-order valence-electron chi connectivity index (χ4n) is 1.70. The highest BCUT2D eigenvalue weighted by molar-refractivity contribution is 9.10. The predicted molar refractivity (Wildman–Crippen MR) is 61.7 cm³/mol. The van der Waals surface area contributed by atoms with Gasteiger partial charge in [-0.25, -0.2) is 0 Å². The standard InChI is InChI=1S/C10H12BrNOS/c11-8-4-9(14-6-8)3-7-5-12-2-1-10(7)13/h4,6-7,12H,1-3,5H2. The normalized spacial score (nSPS) is 22.6. The molecule has 1 atom stereocenters. The summed E-state index contributed by atoms with van der Waals surface area (Å²) in [5.41, 5.74) is 0. The Labute approximate surface area is 95.8 Å². The van der Waals surface area contributed by atoms with Crippen molar-refractivity contribution in [1.82, 2.24) is 5.32 Å². The van der Waals surface area contributed by atoms with Gasteiger partial charge >= 0.3 is 0 Å². The zero-order chi connectivity index (χ0) is 9.97. The minimum atomic E-state index is 0.189. The van der Waals surface area contributed by atoms with Crippen LogP contribution in [0.25, 0.3) is 0 Å². The maximum atomic E-state index is 11.6. The lowest BCUT2D eigenvalue weighted by molar-refractivity contribution is -0.123. The molecule has 0 spiro atoms. The average molecular weight is 274 g/mol. The number of ketones is 1. The van der Waals surface area contributed by atoms with Gasteiger partial charge < -0.3 is 5.32 Å². The molecular weight excluding hydrogens is 262 g/mol. The molecule has 2 rings (SSSR count). The molecule has 2 nitrogen and oxygen atoms in total. The molecule has 2 heterocycles. The predicted octanol–water partition coefficient (Wildman–Crippen LogP) is 2.23. The second-order valence-electron chi connectivity index (χ2n) is 3.55. The fraction of sp³-hybridized carbons (Fsp3) is 0.500. The molecule has 1 unspecified atom stereocenters. The third-order valence-electron chi connectivity index (χ3n) is 2.46. The van der Waals surface area contributed by atoms with Crippen LogP contribution in [0.1, 0.15) is 11.3 Å². The summed E-state index contributed by atoms with van der Waals surface area (Å²) in [7, 11) is 0. The van der Waals surface area contributed by atoms with E-state index in [2.05, 4.69) is 32.7 Å². The summed E-state index contributed by atoms with van der Waals surface area (Å²) in [6.45, 7) is 1.69. The summed E-state index contributed by atoms with van der Waals surface area (Å²) in [4.78, 5) is 12.8. The van der Waals surface area contributed by atoms with Gasteiger partial charge in [-0.1, -0.05) is 0 Å². The van der Waals surface area contributed by atoms with Crippen LogP contribution in [0.2, 0.25) is 0 Å². The smallest absolute Gasteiger partial charge is 0.138 e. The van der Waals surface area contributed by atoms with E-state index in [-0.39, 0.29) is 5.92 Å². The van der Waals surface area contributed by atoms with E-state index < -0.39 is 0 Å². The van der Waals surface area contributed by atoms with Gasteiger partial charge in [0.15, 0.2) is 0 Å². The van der Waals surface area contributed by atoms with E-state index in [0.29, 0.717) is 12.2 Å². The largest absolute Gasteiger partial charge is 0.316 e. The molecule has 0 aliphatic carbocycles. The van der Waals surface area contributed by atoms with E-state index in [1.54, 1.807) is 11.3 Å². The summed E-state index contributed by atoms with van der Waals surface area (Å²) in [5, 5.41) is 5.33. The van der Waals surface area contributed by atoms with Gasteiger partial charge in [-0.2, -0.15) is 0 Å². The van der Waals surface area contributed by atoms with Crippen LogP contribution in [0.3, 0.4) is 0 Å². The van der Waals surface area contributed by atoms with Gasteiger partial charge in [0.1, 0.15) is 5.78 Å². The Balaban J connectivity index is 1.99. The SMILES string of the molecule is O=C1CCNCC1Cc1cc(Br)cs1. The maximum absolute atomic E-state index is 11.6. The lowest BCUT2D eigenvalue weighted by Gasteiger charge is -2.20. The number of rotatable bonds is 2. The molecule has 1 saturated heterocycles. The van der Waals surface area contributed by atoms with Crippen LogP contribution in [0.15, 0.2) is 15.9 Å². The van der Waals surface area contributed by atoms with Crippen molar-refractivity contribution in [2.24, 2.45) is 5.92 Å². The van der Waals surface area contributed by atoms with Crippen LogP contribution in [0.5, 0.6) is 0 Å². The topological polar surface area (TPSA) is 29.1 Å². The number of Topliss-reactive ketones (excluding diaryl/α,β-unsaturated/α-hetero) is 1. The summed E-state index contributed by atoms with van der Waals surface area (Å²) >= 11 is 5.14. The van der Waals surface area contributed by atoms with Crippen molar-refractivity contribution < 1.29 is 4.79 Å². The number of piperidine rings is 1. The van der Waals surface area contributed by atoms with Crippen molar-refractivity contribution >= 4 is 33.0 Å². The minimum Gasteiger partial charge on any atom is -0.316 e. The molecule has 1 aromatic rings. The van der Waals surface area contributed by atoms with E-state index >= 15 is 0 Å².